The van der Waals surface area contributed by atoms with Gasteiger partial charge in [0.15, 0.2) is 0 Å². The predicted octanol–water partition coefficient (Wildman–Crippen LogP) is 2.59. The van der Waals surface area contributed by atoms with E-state index >= 15 is 0 Å². The van der Waals surface area contributed by atoms with Crippen LogP contribution in [0.2, 0.25) is 0 Å². The average Bonchev–Trinajstić information content (AvgIpc) is 2.31. The van der Waals surface area contributed by atoms with Crippen molar-refractivity contribution >= 4 is 7.26 Å². The van der Waals surface area contributed by atoms with Crippen molar-refractivity contribution in [1.82, 2.24) is 0 Å². The van der Waals surface area contributed by atoms with Crippen molar-refractivity contribution in [3.05, 3.63) is 12.7 Å². The second kappa shape index (κ2) is 13.1. The molecule has 0 atom stereocenters. The molecule has 0 aromatic carbocycles. The molecule has 0 aliphatic carbocycles. The van der Waals surface area contributed by atoms with Crippen LogP contribution in [-0.2, 0) is 0 Å². The molecule has 104 valence electrons. The summed E-state index contributed by atoms with van der Waals surface area (Å²) in [6.45, 7) is 11.0. The monoisotopic (exact) mass is 322 g/mol. The first-order chi connectivity index (χ1) is 7.74. The van der Waals surface area contributed by atoms with Gasteiger partial charge in [0.1, 0.15) is 0 Å². The summed E-state index contributed by atoms with van der Waals surface area (Å²) < 4.78 is 0. The van der Waals surface area contributed by atoms with Gasteiger partial charge in [-0.3, -0.25) is 0 Å². The van der Waals surface area contributed by atoms with Crippen LogP contribution in [-0.4, -0.2) is 24.6 Å². The molecule has 0 radical (unpaired) electrons. The molecule has 0 spiro atoms. The number of hydrogen-bond acceptors (Lipinski definition) is 0. The molecule has 0 aromatic rings. The fraction of sp³-hybridized carbons (Fsp3) is 0.867. The normalized spacial score (nSPS) is 11.0. The quantitative estimate of drug-likeness (QED) is 0.405. The highest BCUT2D eigenvalue weighted by atomic mass is 79.9. The molecular formula is C15H32BrP. The van der Waals surface area contributed by atoms with E-state index in [-0.39, 0.29) is 17.0 Å². The van der Waals surface area contributed by atoms with Crippen molar-refractivity contribution in [3.63, 3.8) is 0 Å². The molecule has 0 bridgehead atoms. The molecule has 0 fully saturated rings. The molecule has 17 heavy (non-hydrogen) atoms. The zero-order chi connectivity index (χ0) is 12.3. The zero-order valence-electron chi connectivity index (χ0n) is 12.2. The summed E-state index contributed by atoms with van der Waals surface area (Å²) in [7, 11) is -0.664. The molecule has 0 rings (SSSR count). The number of allylic oxidation sites excluding steroid dienone is 1. The highest BCUT2D eigenvalue weighted by Gasteiger charge is 2.33. The summed E-state index contributed by atoms with van der Waals surface area (Å²) in [6.07, 6.45) is 16.5. The maximum atomic E-state index is 4.00. The third-order valence-electron chi connectivity index (χ3n) is 3.47. The Hall–Kier alpha value is 0.650. The Morgan fingerprint density at radius 1 is 0.824 bits per heavy atom. The van der Waals surface area contributed by atoms with Crippen molar-refractivity contribution in [2.45, 2.75) is 59.3 Å². The molecular weight excluding hydrogens is 291 g/mol. The van der Waals surface area contributed by atoms with Crippen LogP contribution < -0.4 is 17.0 Å². The minimum Gasteiger partial charge on any atom is -1.00 e. The lowest BCUT2D eigenvalue weighted by molar-refractivity contribution is -0.00000373. The fourth-order valence-corrected chi connectivity index (χ4v) is 7.09. The van der Waals surface area contributed by atoms with Gasteiger partial charge in [0.25, 0.3) is 0 Å². The largest absolute Gasteiger partial charge is 1.00 e. The zero-order valence-corrected chi connectivity index (χ0v) is 14.7. The molecule has 0 aromatic heterocycles. The van der Waals surface area contributed by atoms with Crippen LogP contribution in [0.15, 0.2) is 12.7 Å². The van der Waals surface area contributed by atoms with Crippen molar-refractivity contribution in [2.24, 2.45) is 0 Å². The molecule has 2 heteroatoms. The van der Waals surface area contributed by atoms with E-state index in [2.05, 4.69) is 33.4 Å². The second-order valence-corrected chi connectivity index (χ2v) is 9.43. The maximum Gasteiger partial charge on any atom is 0.0771 e. The number of hydrogen-bond donors (Lipinski definition) is 0. The molecule has 0 saturated heterocycles. The minimum atomic E-state index is -0.664. The Labute approximate surface area is 121 Å². The van der Waals surface area contributed by atoms with Gasteiger partial charge in [-0.05, 0) is 19.3 Å². The number of unbranched alkanes of at least 4 members (excludes halogenated alkanes) is 3. The van der Waals surface area contributed by atoms with Crippen LogP contribution in [0.5, 0.6) is 0 Å². The maximum absolute atomic E-state index is 4.00. The van der Waals surface area contributed by atoms with Gasteiger partial charge >= 0.3 is 0 Å². The van der Waals surface area contributed by atoms with E-state index in [1.165, 1.54) is 63.2 Å². The lowest BCUT2D eigenvalue weighted by Gasteiger charge is -2.26. The molecule has 0 amide bonds. The van der Waals surface area contributed by atoms with Crippen molar-refractivity contribution < 1.29 is 17.0 Å². The first kappa shape index (κ1) is 20.0. The first-order valence-corrected chi connectivity index (χ1v) is 9.73. The first-order valence-electron chi connectivity index (χ1n) is 7.20. The molecule has 0 unspecified atom stereocenters. The smallest absolute Gasteiger partial charge is 0.0771 e. The summed E-state index contributed by atoms with van der Waals surface area (Å²) in [5.41, 5.74) is 0. The summed E-state index contributed by atoms with van der Waals surface area (Å²) in [5.74, 6) is 0. The van der Waals surface area contributed by atoms with Crippen LogP contribution in [0.4, 0.5) is 0 Å². The van der Waals surface area contributed by atoms with E-state index in [0.717, 1.165) is 0 Å². The van der Waals surface area contributed by atoms with Gasteiger partial charge in [-0.15, -0.1) is 0 Å². The highest BCUT2D eigenvalue weighted by Crippen LogP contribution is 2.60. The number of rotatable bonds is 11. The van der Waals surface area contributed by atoms with Crippen LogP contribution in [0.3, 0.4) is 0 Å². The third-order valence-corrected chi connectivity index (χ3v) is 8.30. The predicted molar refractivity (Wildman–Crippen MR) is 81.3 cm³/mol. The number of halogens is 1. The van der Waals surface area contributed by atoms with Gasteiger partial charge in [0, 0.05) is 7.26 Å². The van der Waals surface area contributed by atoms with Crippen LogP contribution in [0.25, 0.3) is 0 Å². The molecule has 0 aliphatic heterocycles. The van der Waals surface area contributed by atoms with Gasteiger partial charge in [-0.2, -0.15) is 0 Å². The molecule has 0 heterocycles. The van der Waals surface area contributed by atoms with Gasteiger partial charge in [0.05, 0.1) is 24.6 Å². The molecule has 0 aliphatic rings. The minimum absolute atomic E-state index is 0. The van der Waals surface area contributed by atoms with E-state index in [1.54, 1.807) is 0 Å². The summed E-state index contributed by atoms with van der Waals surface area (Å²) >= 11 is 0. The van der Waals surface area contributed by atoms with Gasteiger partial charge in [-0.25, -0.2) is 0 Å². The standard InChI is InChI=1S/C15H32P.BrH/c1-5-9-13-16(12-8-4,14-10-6-2)15-11-7-3;/h8H,4-7,9-15H2,1-3H3;1H/q+1;/p-1. The van der Waals surface area contributed by atoms with Crippen molar-refractivity contribution in [1.29, 1.82) is 0 Å². The lowest BCUT2D eigenvalue weighted by atomic mass is 10.4. The topological polar surface area (TPSA) is 0 Å². The Kier molecular flexibility index (Phi) is 15.4. The molecule has 0 saturated carbocycles. The average molecular weight is 323 g/mol. The molecule has 0 N–H and O–H groups in total. The lowest BCUT2D eigenvalue weighted by Crippen LogP contribution is -3.00. The van der Waals surface area contributed by atoms with Crippen molar-refractivity contribution in [3.8, 4) is 0 Å². The van der Waals surface area contributed by atoms with Crippen LogP contribution in [0.1, 0.15) is 59.3 Å². The van der Waals surface area contributed by atoms with Crippen molar-refractivity contribution in [2.75, 3.05) is 24.6 Å². The molecule has 0 nitrogen and oxygen atoms in total. The third kappa shape index (κ3) is 9.25. The van der Waals surface area contributed by atoms with E-state index < -0.39 is 7.26 Å². The fourth-order valence-electron chi connectivity index (χ4n) is 2.36. The summed E-state index contributed by atoms with van der Waals surface area (Å²) in [5, 5.41) is 0. The Balaban J connectivity index is 0. The highest BCUT2D eigenvalue weighted by molar-refractivity contribution is 7.76. The second-order valence-electron chi connectivity index (χ2n) is 5.04. The summed E-state index contributed by atoms with van der Waals surface area (Å²) in [4.78, 5) is 0. The van der Waals surface area contributed by atoms with E-state index in [1.807, 2.05) is 0 Å². The van der Waals surface area contributed by atoms with E-state index in [9.17, 15) is 0 Å². The van der Waals surface area contributed by atoms with Gasteiger partial charge < -0.3 is 17.0 Å². The summed E-state index contributed by atoms with van der Waals surface area (Å²) in [6, 6.07) is 0. The van der Waals surface area contributed by atoms with Gasteiger partial charge in [0.2, 0.25) is 0 Å². The van der Waals surface area contributed by atoms with E-state index in [0.29, 0.717) is 0 Å². The Morgan fingerprint density at radius 3 is 1.41 bits per heavy atom. The van der Waals surface area contributed by atoms with Gasteiger partial charge in [-0.1, -0.05) is 52.7 Å². The van der Waals surface area contributed by atoms with Crippen LogP contribution in [0, 0.1) is 0 Å². The SMILES string of the molecule is C=CC[P+](CCCC)(CCCC)CCCC.[Br-]. The van der Waals surface area contributed by atoms with Crippen LogP contribution >= 0.6 is 7.26 Å². The Morgan fingerprint density at radius 2 is 1.18 bits per heavy atom. The van der Waals surface area contributed by atoms with E-state index in [4.69, 9.17) is 0 Å². The Bertz CT molecular complexity index is 147.